The van der Waals surface area contributed by atoms with Gasteiger partial charge in [-0.2, -0.15) is 0 Å². The van der Waals surface area contributed by atoms with Gasteiger partial charge in [-0.15, -0.1) is 0 Å². The Kier molecular flexibility index (Phi) is 10.1. The molecule has 27 heavy (non-hydrogen) atoms. The molecule has 0 saturated heterocycles. The molecule has 0 unspecified atom stereocenters. The minimum atomic E-state index is 0.797. The van der Waals surface area contributed by atoms with Gasteiger partial charge in [-0.1, -0.05) is 64.4 Å². The summed E-state index contributed by atoms with van der Waals surface area (Å²) in [6, 6.07) is 12.2. The van der Waals surface area contributed by atoms with E-state index in [0.29, 0.717) is 0 Å². The van der Waals surface area contributed by atoms with Crippen molar-refractivity contribution >= 4 is 0 Å². The van der Waals surface area contributed by atoms with Crippen LogP contribution in [-0.4, -0.2) is 11.6 Å². The predicted octanol–water partition coefficient (Wildman–Crippen LogP) is 6.56. The molecule has 1 aromatic carbocycles. The highest BCUT2D eigenvalue weighted by Crippen LogP contribution is 2.13. The summed E-state index contributed by atoms with van der Waals surface area (Å²) in [6.45, 7) is 5.25. The van der Waals surface area contributed by atoms with Gasteiger partial charge >= 0.3 is 0 Å². The van der Waals surface area contributed by atoms with E-state index in [1.54, 1.807) is 0 Å². The van der Waals surface area contributed by atoms with E-state index in [-0.39, 0.29) is 0 Å². The average Bonchev–Trinajstić information content (AvgIpc) is 2.71. The number of rotatable bonds is 11. The number of hydrogen-bond donors (Lipinski definition) is 0. The first kappa shape index (κ1) is 21.0. The Balaban J connectivity index is 1.74. The van der Waals surface area contributed by atoms with Gasteiger partial charge in [0.15, 0.2) is 0 Å². The zero-order chi connectivity index (χ0) is 19.2. The molecule has 0 atom stereocenters. The molecular weight excluding hydrogens is 330 g/mol. The maximum atomic E-state index is 5.82. The van der Waals surface area contributed by atoms with Gasteiger partial charge in [0.2, 0.25) is 0 Å². The molecule has 0 aliphatic heterocycles. The lowest BCUT2D eigenvalue weighted by molar-refractivity contribution is 0.304. The highest BCUT2D eigenvalue weighted by atomic mass is 16.5. The highest BCUT2D eigenvalue weighted by Gasteiger charge is 1.96. The number of ether oxygens (including phenoxy) is 1. The van der Waals surface area contributed by atoms with Crippen LogP contribution in [0.4, 0.5) is 0 Å². The molecule has 0 spiro atoms. The van der Waals surface area contributed by atoms with E-state index in [9.17, 15) is 0 Å². The van der Waals surface area contributed by atoms with Gasteiger partial charge in [-0.3, -0.25) is 0 Å². The van der Waals surface area contributed by atoms with Gasteiger partial charge < -0.3 is 4.74 Å². The Hall–Kier alpha value is -2.27. The maximum absolute atomic E-state index is 5.82. The molecular formula is C25H33NO. The first-order valence-electron chi connectivity index (χ1n) is 10.5. The third-order valence-corrected chi connectivity index (χ3v) is 4.60. The minimum Gasteiger partial charge on any atom is -0.494 e. The Morgan fingerprint density at radius 2 is 1.52 bits per heavy atom. The number of hydrogen-bond acceptors (Lipinski definition) is 2. The number of unbranched alkanes of at least 4 members (excludes halogenated alkanes) is 6. The molecule has 2 nitrogen and oxygen atoms in total. The molecule has 0 amide bonds. The topological polar surface area (TPSA) is 22.1 Å². The van der Waals surface area contributed by atoms with Crippen LogP contribution in [0.25, 0.3) is 0 Å². The van der Waals surface area contributed by atoms with E-state index < -0.39 is 0 Å². The number of aryl methyl sites for hydroxylation is 1. The number of pyridine rings is 1. The molecule has 0 fully saturated rings. The van der Waals surface area contributed by atoms with Crippen molar-refractivity contribution in [3.63, 3.8) is 0 Å². The third kappa shape index (κ3) is 8.78. The highest BCUT2D eigenvalue weighted by molar-refractivity contribution is 5.42. The van der Waals surface area contributed by atoms with E-state index >= 15 is 0 Å². The summed E-state index contributed by atoms with van der Waals surface area (Å²) in [5.41, 5.74) is 3.09. The van der Waals surface area contributed by atoms with Gasteiger partial charge in [0.05, 0.1) is 6.61 Å². The zero-order valence-corrected chi connectivity index (χ0v) is 17.0. The molecule has 2 aromatic rings. The monoisotopic (exact) mass is 363 g/mol. The summed E-state index contributed by atoms with van der Waals surface area (Å²) in [5.74, 6) is 7.24. The lowest BCUT2D eigenvalue weighted by Gasteiger charge is -2.06. The van der Waals surface area contributed by atoms with Crippen LogP contribution in [0.15, 0.2) is 42.6 Å². The number of aromatic nitrogens is 1. The zero-order valence-electron chi connectivity index (χ0n) is 17.0. The summed E-state index contributed by atoms with van der Waals surface area (Å²) in [6.07, 6.45) is 13.2. The first-order chi connectivity index (χ1) is 13.3. The molecule has 1 aromatic heterocycles. The largest absolute Gasteiger partial charge is 0.494 e. The van der Waals surface area contributed by atoms with Gasteiger partial charge in [0.25, 0.3) is 0 Å². The summed E-state index contributed by atoms with van der Waals surface area (Å²) in [4.78, 5) is 4.44. The quantitative estimate of drug-likeness (QED) is 0.333. The Morgan fingerprint density at radius 3 is 2.22 bits per heavy atom. The molecule has 0 bridgehead atoms. The fraction of sp³-hybridized carbons (Fsp3) is 0.480. The summed E-state index contributed by atoms with van der Waals surface area (Å²) in [5, 5.41) is 0. The van der Waals surface area contributed by atoms with Crippen molar-refractivity contribution in [2.75, 3.05) is 6.61 Å². The van der Waals surface area contributed by atoms with Crippen molar-refractivity contribution in [2.45, 2.75) is 71.6 Å². The van der Waals surface area contributed by atoms with Crippen molar-refractivity contribution in [1.82, 2.24) is 4.98 Å². The van der Waals surface area contributed by atoms with Gasteiger partial charge in [-0.25, -0.2) is 4.98 Å². The summed E-state index contributed by atoms with van der Waals surface area (Å²) in [7, 11) is 0. The predicted molar refractivity (Wildman–Crippen MR) is 114 cm³/mol. The standard InChI is InChI=1S/C25H33NO/c1-3-5-7-8-9-10-20-27-25-18-14-22(15-19-25)12-16-24-17-13-23(21-26-24)11-6-4-2/h13-15,17-19,21H,3-11,20H2,1-2H3. The van der Waals surface area contributed by atoms with Crippen LogP contribution >= 0.6 is 0 Å². The molecule has 2 heteroatoms. The van der Waals surface area contributed by atoms with E-state index in [4.69, 9.17) is 4.74 Å². The van der Waals surface area contributed by atoms with E-state index in [0.717, 1.165) is 36.5 Å². The SMILES string of the molecule is CCCCCCCCOc1ccc(C#Cc2ccc(CCCC)cn2)cc1. The van der Waals surface area contributed by atoms with E-state index in [1.807, 2.05) is 36.5 Å². The second-order valence-corrected chi connectivity index (χ2v) is 7.05. The second-order valence-electron chi connectivity index (χ2n) is 7.05. The molecule has 1 heterocycles. The molecule has 0 N–H and O–H groups in total. The van der Waals surface area contributed by atoms with Crippen LogP contribution in [0.3, 0.4) is 0 Å². The average molecular weight is 364 g/mol. The maximum Gasteiger partial charge on any atom is 0.119 e. The smallest absolute Gasteiger partial charge is 0.119 e. The van der Waals surface area contributed by atoms with E-state index in [1.165, 1.54) is 50.5 Å². The first-order valence-corrected chi connectivity index (χ1v) is 10.5. The fourth-order valence-electron chi connectivity index (χ4n) is 2.87. The van der Waals surface area contributed by atoms with Crippen molar-refractivity contribution < 1.29 is 4.74 Å². The van der Waals surface area contributed by atoms with Crippen molar-refractivity contribution in [2.24, 2.45) is 0 Å². The van der Waals surface area contributed by atoms with Crippen molar-refractivity contribution in [3.05, 3.63) is 59.4 Å². The second kappa shape index (κ2) is 13.0. The van der Waals surface area contributed by atoms with Gasteiger partial charge in [-0.05, 0) is 61.1 Å². The number of nitrogens with zero attached hydrogens (tertiary/aromatic N) is 1. The normalized spacial score (nSPS) is 10.3. The Morgan fingerprint density at radius 1 is 0.778 bits per heavy atom. The Labute approximate surface area is 165 Å². The molecule has 144 valence electrons. The van der Waals surface area contributed by atoms with Crippen molar-refractivity contribution in [1.29, 1.82) is 0 Å². The molecule has 0 aliphatic carbocycles. The molecule has 0 radical (unpaired) electrons. The van der Waals surface area contributed by atoms with Gasteiger partial charge in [0.1, 0.15) is 11.4 Å². The minimum absolute atomic E-state index is 0.797. The molecule has 0 saturated carbocycles. The van der Waals surface area contributed by atoms with Crippen LogP contribution in [-0.2, 0) is 6.42 Å². The third-order valence-electron chi connectivity index (χ3n) is 4.60. The Bertz CT molecular complexity index is 692. The van der Waals surface area contributed by atoms with Crippen LogP contribution in [0.2, 0.25) is 0 Å². The van der Waals surface area contributed by atoms with Crippen LogP contribution < -0.4 is 4.74 Å². The van der Waals surface area contributed by atoms with Crippen LogP contribution in [0, 0.1) is 11.8 Å². The van der Waals surface area contributed by atoms with Gasteiger partial charge in [0, 0.05) is 11.8 Å². The number of benzene rings is 1. The summed E-state index contributed by atoms with van der Waals surface area (Å²) < 4.78 is 5.82. The van der Waals surface area contributed by atoms with E-state index in [2.05, 4.69) is 36.7 Å². The van der Waals surface area contributed by atoms with Crippen LogP contribution in [0.1, 0.15) is 82.0 Å². The fourth-order valence-corrected chi connectivity index (χ4v) is 2.87. The molecule has 2 rings (SSSR count). The lowest BCUT2D eigenvalue weighted by atomic mass is 10.1. The van der Waals surface area contributed by atoms with Crippen molar-refractivity contribution in [3.8, 4) is 17.6 Å². The lowest BCUT2D eigenvalue weighted by Crippen LogP contribution is -1.97. The molecule has 0 aliphatic rings. The van der Waals surface area contributed by atoms with Crippen LogP contribution in [0.5, 0.6) is 5.75 Å². The summed E-state index contributed by atoms with van der Waals surface area (Å²) >= 11 is 0.